The van der Waals surface area contributed by atoms with Gasteiger partial charge in [-0.2, -0.15) is 5.10 Å². The highest BCUT2D eigenvalue weighted by atomic mass is 16.3. The predicted octanol–water partition coefficient (Wildman–Crippen LogP) is 4.26. The second kappa shape index (κ2) is 6.24. The first-order valence-corrected chi connectivity index (χ1v) is 9.10. The fraction of sp³-hybridized carbons (Fsp3) is 0.381. The van der Waals surface area contributed by atoms with Gasteiger partial charge in [0.1, 0.15) is 5.76 Å². The first-order valence-electron chi connectivity index (χ1n) is 9.10. The molecule has 0 unspecified atom stereocenters. The summed E-state index contributed by atoms with van der Waals surface area (Å²) in [4.78, 5) is 17.1. The Morgan fingerprint density at radius 1 is 1.19 bits per heavy atom. The van der Waals surface area contributed by atoms with Crippen LogP contribution < -0.4 is 0 Å². The van der Waals surface area contributed by atoms with Crippen LogP contribution in [0.25, 0.3) is 5.69 Å². The standard InChI is InChI=1S/C21H23N3O2/c1-21(2)11-18(25)16(19(26)12-21)13-22-20-15-9-6-10-17(15)23-24(20)14-7-4-3-5-8-14/h3-5,7-8,13,25H,6,9-12H2,1-2H3/b22-13+. The molecule has 0 fully saturated rings. The van der Waals surface area contributed by atoms with E-state index < -0.39 is 0 Å². The number of aliphatic imine (C=N–C) groups is 1. The van der Waals surface area contributed by atoms with Crippen molar-refractivity contribution in [3.63, 3.8) is 0 Å². The van der Waals surface area contributed by atoms with E-state index >= 15 is 0 Å². The molecule has 2 aliphatic rings. The number of hydrogen-bond donors (Lipinski definition) is 1. The number of aryl methyl sites for hydroxylation is 1. The van der Waals surface area contributed by atoms with Crippen molar-refractivity contribution in [2.45, 2.75) is 46.0 Å². The molecule has 1 heterocycles. The minimum atomic E-state index is -0.203. The quantitative estimate of drug-likeness (QED) is 0.842. The Morgan fingerprint density at radius 3 is 2.69 bits per heavy atom. The highest BCUT2D eigenvalue weighted by Crippen LogP contribution is 2.36. The van der Waals surface area contributed by atoms with Crippen LogP contribution in [0.5, 0.6) is 0 Å². The van der Waals surface area contributed by atoms with Crippen molar-refractivity contribution in [1.82, 2.24) is 9.78 Å². The number of rotatable bonds is 3. The van der Waals surface area contributed by atoms with Crippen LogP contribution in [0.4, 0.5) is 5.82 Å². The molecule has 0 spiro atoms. The lowest BCUT2D eigenvalue weighted by Crippen LogP contribution is -2.26. The van der Waals surface area contributed by atoms with Crippen molar-refractivity contribution < 1.29 is 9.90 Å². The number of aromatic nitrogens is 2. The molecular formula is C21H23N3O2. The number of allylic oxidation sites excluding steroid dienone is 2. The Labute approximate surface area is 153 Å². The maximum absolute atomic E-state index is 12.4. The van der Waals surface area contributed by atoms with E-state index in [-0.39, 0.29) is 17.0 Å². The van der Waals surface area contributed by atoms with Gasteiger partial charge in [0.15, 0.2) is 11.6 Å². The zero-order chi connectivity index (χ0) is 18.3. The summed E-state index contributed by atoms with van der Waals surface area (Å²) in [5, 5.41) is 15.1. The molecule has 0 atom stereocenters. The van der Waals surface area contributed by atoms with Crippen LogP contribution >= 0.6 is 0 Å². The van der Waals surface area contributed by atoms with Gasteiger partial charge in [-0.1, -0.05) is 32.0 Å². The Hall–Kier alpha value is -2.69. The second-order valence-corrected chi connectivity index (χ2v) is 7.91. The van der Waals surface area contributed by atoms with Gasteiger partial charge in [0, 0.05) is 24.6 Å². The first-order chi connectivity index (χ1) is 12.4. The van der Waals surface area contributed by atoms with Crippen LogP contribution in [0.3, 0.4) is 0 Å². The number of aliphatic hydroxyl groups excluding tert-OH is 1. The lowest BCUT2D eigenvalue weighted by Gasteiger charge is -2.28. The molecule has 5 nitrogen and oxygen atoms in total. The summed E-state index contributed by atoms with van der Waals surface area (Å²) in [5.74, 6) is 0.851. The van der Waals surface area contributed by atoms with Gasteiger partial charge < -0.3 is 5.11 Å². The molecule has 0 saturated heterocycles. The summed E-state index contributed by atoms with van der Waals surface area (Å²) >= 11 is 0. The van der Waals surface area contributed by atoms with Gasteiger partial charge in [-0.25, -0.2) is 9.67 Å². The molecule has 1 aromatic carbocycles. The zero-order valence-electron chi connectivity index (χ0n) is 15.2. The van der Waals surface area contributed by atoms with E-state index in [4.69, 9.17) is 5.10 Å². The van der Waals surface area contributed by atoms with E-state index in [2.05, 4.69) is 4.99 Å². The second-order valence-electron chi connectivity index (χ2n) is 7.91. The molecule has 2 aliphatic carbocycles. The molecule has 0 bridgehead atoms. The lowest BCUT2D eigenvalue weighted by atomic mass is 9.77. The number of fused-ring (bicyclic) bond motifs is 1. The van der Waals surface area contributed by atoms with Crippen molar-refractivity contribution >= 4 is 17.8 Å². The zero-order valence-corrected chi connectivity index (χ0v) is 15.2. The fourth-order valence-electron chi connectivity index (χ4n) is 3.83. The Bertz CT molecular complexity index is 920. The third kappa shape index (κ3) is 2.98. The highest BCUT2D eigenvalue weighted by molar-refractivity contribution is 6.14. The van der Waals surface area contributed by atoms with Crippen molar-refractivity contribution in [3.8, 4) is 5.69 Å². The molecule has 1 N–H and O–H groups in total. The number of nitrogens with zero attached hydrogens (tertiary/aromatic N) is 3. The molecule has 4 rings (SSSR count). The maximum atomic E-state index is 12.4. The third-order valence-electron chi connectivity index (χ3n) is 5.09. The molecule has 0 radical (unpaired) electrons. The number of Topliss-reactive ketones (excluding diaryl/α,β-unsaturated/α-hetero) is 1. The molecular weight excluding hydrogens is 326 g/mol. The van der Waals surface area contributed by atoms with Crippen LogP contribution in [0.1, 0.15) is 44.4 Å². The van der Waals surface area contributed by atoms with E-state index in [0.717, 1.165) is 42.0 Å². The molecule has 26 heavy (non-hydrogen) atoms. The predicted molar refractivity (Wildman–Crippen MR) is 101 cm³/mol. The minimum Gasteiger partial charge on any atom is -0.511 e. The van der Waals surface area contributed by atoms with Crippen LogP contribution in [-0.2, 0) is 17.6 Å². The molecule has 2 aromatic rings. The molecule has 0 aliphatic heterocycles. The van der Waals surface area contributed by atoms with Crippen LogP contribution in [-0.4, -0.2) is 26.9 Å². The summed E-state index contributed by atoms with van der Waals surface area (Å²) in [7, 11) is 0. The number of hydrogen-bond acceptors (Lipinski definition) is 4. The van der Waals surface area contributed by atoms with Gasteiger partial charge in [0.25, 0.3) is 0 Å². The first kappa shape index (κ1) is 16.8. The molecule has 5 heteroatoms. The van der Waals surface area contributed by atoms with Crippen molar-refractivity contribution in [1.29, 1.82) is 0 Å². The number of ketones is 1. The van der Waals surface area contributed by atoms with Crippen LogP contribution in [0.15, 0.2) is 46.7 Å². The summed E-state index contributed by atoms with van der Waals surface area (Å²) in [6, 6.07) is 9.89. The van der Waals surface area contributed by atoms with E-state index in [0.29, 0.717) is 18.4 Å². The number of carbonyl (C=O) groups excluding carboxylic acids is 1. The van der Waals surface area contributed by atoms with Gasteiger partial charge in [0.05, 0.1) is 17.0 Å². The van der Waals surface area contributed by atoms with Gasteiger partial charge in [-0.15, -0.1) is 0 Å². The third-order valence-corrected chi connectivity index (χ3v) is 5.09. The number of para-hydroxylation sites is 1. The van der Waals surface area contributed by atoms with Crippen LogP contribution in [0, 0.1) is 5.41 Å². The summed E-state index contributed by atoms with van der Waals surface area (Å²) in [5.41, 5.74) is 3.30. The van der Waals surface area contributed by atoms with E-state index in [9.17, 15) is 9.90 Å². The Kier molecular flexibility index (Phi) is 4.02. The summed E-state index contributed by atoms with van der Waals surface area (Å²) < 4.78 is 1.84. The summed E-state index contributed by atoms with van der Waals surface area (Å²) in [6.45, 7) is 3.98. The van der Waals surface area contributed by atoms with E-state index in [1.54, 1.807) is 0 Å². The van der Waals surface area contributed by atoms with Crippen molar-refractivity contribution in [2.24, 2.45) is 10.4 Å². The molecule has 0 saturated carbocycles. The average molecular weight is 349 g/mol. The Balaban J connectivity index is 1.75. The minimum absolute atomic E-state index is 0.0510. The molecule has 134 valence electrons. The normalized spacial score (nSPS) is 19.4. The lowest BCUT2D eigenvalue weighted by molar-refractivity contribution is -0.117. The maximum Gasteiger partial charge on any atom is 0.168 e. The number of aliphatic hydroxyl groups is 1. The smallest absolute Gasteiger partial charge is 0.168 e. The van der Waals surface area contributed by atoms with E-state index in [1.807, 2.05) is 48.9 Å². The SMILES string of the molecule is CC1(C)CC(=O)C(/C=N/c2c3c(nn2-c2ccccc2)CCC3)=C(O)C1. The Morgan fingerprint density at radius 2 is 1.96 bits per heavy atom. The fourth-order valence-corrected chi connectivity index (χ4v) is 3.83. The number of benzene rings is 1. The van der Waals surface area contributed by atoms with Crippen LogP contribution in [0.2, 0.25) is 0 Å². The van der Waals surface area contributed by atoms with Gasteiger partial charge in [0.2, 0.25) is 0 Å². The average Bonchev–Trinajstić information content (AvgIpc) is 3.16. The largest absolute Gasteiger partial charge is 0.511 e. The van der Waals surface area contributed by atoms with Crippen molar-refractivity contribution in [2.75, 3.05) is 0 Å². The topological polar surface area (TPSA) is 67.5 Å². The van der Waals surface area contributed by atoms with Crippen molar-refractivity contribution in [3.05, 3.63) is 52.9 Å². The van der Waals surface area contributed by atoms with E-state index in [1.165, 1.54) is 6.21 Å². The summed E-state index contributed by atoms with van der Waals surface area (Å²) in [6.07, 6.45) is 5.43. The molecule has 1 aromatic heterocycles. The van der Waals surface area contributed by atoms with Gasteiger partial charge in [-0.05, 0) is 36.8 Å². The van der Waals surface area contributed by atoms with Gasteiger partial charge in [-0.3, -0.25) is 4.79 Å². The monoisotopic (exact) mass is 349 g/mol. The highest BCUT2D eigenvalue weighted by Gasteiger charge is 2.32. The van der Waals surface area contributed by atoms with Gasteiger partial charge >= 0.3 is 0 Å². The molecule has 0 amide bonds. The number of carbonyl (C=O) groups is 1.